The van der Waals surface area contributed by atoms with Crippen LogP contribution >= 0.6 is 0 Å². The van der Waals surface area contributed by atoms with Crippen LogP contribution in [0.5, 0.6) is 0 Å². The molecule has 0 amide bonds. The number of hydrogen-bond acceptors (Lipinski definition) is 3. The summed E-state index contributed by atoms with van der Waals surface area (Å²) in [5.41, 5.74) is 8.04. The first-order valence-electron chi connectivity index (χ1n) is 5.80. The SMILES string of the molecule is CCn1nc(C)c(N)c1N(C)CC(C)(C)C. The first-order valence-corrected chi connectivity index (χ1v) is 5.80. The van der Waals surface area contributed by atoms with Crippen molar-refractivity contribution in [2.24, 2.45) is 5.41 Å². The Morgan fingerprint density at radius 3 is 2.38 bits per heavy atom. The maximum atomic E-state index is 6.07. The van der Waals surface area contributed by atoms with Crippen LogP contribution in [0.4, 0.5) is 11.5 Å². The minimum Gasteiger partial charge on any atom is -0.394 e. The third kappa shape index (κ3) is 2.68. The van der Waals surface area contributed by atoms with Crippen LogP contribution in [0.15, 0.2) is 0 Å². The molecule has 0 aromatic carbocycles. The van der Waals surface area contributed by atoms with Crippen molar-refractivity contribution in [3.63, 3.8) is 0 Å². The summed E-state index contributed by atoms with van der Waals surface area (Å²) in [5.74, 6) is 1.04. The smallest absolute Gasteiger partial charge is 0.150 e. The van der Waals surface area contributed by atoms with Gasteiger partial charge in [-0.05, 0) is 19.3 Å². The summed E-state index contributed by atoms with van der Waals surface area (Å²) in [5, 5.41) is 4.43. The van der Waals surface area contributed by atoms with Crippen LogP contribution in [0.2, 0.25) is 0 Å². The largest absolute Gasteiger partial charge is 0.394 e. The van der Waals surface area contributed by atoms with Gasteiger partial charge in [-0.1, -0.05) is 20.8 Å². The standard InChI is InChI=1S/C12H24N4/c1-7-16-11(10(13)9(2)14-16)15(6)8-12(3,4)5/h7-8,13H2,1-6H3. The number of hydrogen-bond donors (Lipinski definition) is 1. The number of aromatic nitrogens is 2. The summed E-state index contributed by atoms with van der Waals surface area (Å²) in [7, 11) is 2.07. The highest BCUT2D eigenvalue weighted by atomic mass is 15.4. The van der Waals surface area contributed by atoms with Crippen molar-refractivity contribution in [2.75, 3.05) is 24.2 Å². The average molecular weight is 224 g/mol. The second-order valence-electron chi connectivity index (χ2n) is 5.56. The molecule has 4 heteroatoms. The Morgan fingerprint density at radius 1 is 1.38 bits per heavy atom. The second-order valence-corrected chi connectivity index (χ2v) is 5.56. The molecule has 0 aliphatic heterocycles. The fourth-order valence-corrected chi connectivity index (χ4v) is 1.99. The lowest BCUT2D eigenvalue weighted by atomic mass is 9.96. The number of nitrogen functional groups attached to an aromatic ring is 1. The quantitative estimate of drug-likeness (QED) is 0.856. The van der Waals surface area contributed by atoms with Gasteiger partial charge in [-0.15, -0.1) is 0 Å². The van der Waals surface area contributed by atoms with Crippen LogP contribution in [-0.4, -0.2) is 23.4 Å². The van der Waals surface area contributed by atoms with Gasteiger partial charge in [0.1, 0.15) is 5.82 Å². The first-order chi connectivity index (χ1) is 7.26. The molecule has 1 aromatic heterocycles. The third-order valence-electron chi connectivity index (χ3n) is 2.52. The fraction of sp³-hybridized carbons (Fsp3) is 0.750. The summed E-state index contributed by atoms with van der Waals surface area (Å²) < 4.78 is 1.97. The normalized spacial score (nSPS) is 11.9. The van der Waals surface area contributed by atoms with E-state index >= 15 is 0 Å². The number of nitrogens with zero attached hydrogens (tertiary/aromatic N) is 3. The molecular weight excluding hydrogens is 200 g/mol. The second kappa shape index (κ2) is 4.36. The van der Waals surface area contributed by atoms with Gasteiger partial charge in [0, 0.05) is 20.1 Å². The molecule has 1 rings (SSSR count). The molecule has 0 unspecified atom stereocenters. The summed E-state index contributed by atoms with van der Waals surface area (Å²) >= 11 is 0. The van der Waals surface area contributed by atoms with E-state index < -0.39 is 0 Å². The Hall–Kier alpha value is -1.19. The Morgan fingerprint density at radius 2 is 1.94 bits per heavy atom. The molecule has 0 atom stereocenters. The first kappa shape index (κ1) is 12.9. The van der Waals surface area contributed by atoms with Crippen molar-refractivity contribution in [3.05, 3.63) is 5.69 Å². The maximum Gasteiger partial charge on any atom is 0.150 e. The van der Waals surface area contributed by atoms with Gasteiger partial charge in [0.15, 0.2) is 0 Å². The molecule has 1 aromatic rings. The summed E-state index contributed by atoms with van der Waals surface area (Å²) in [6.45, 7) is 12.5. The lowest BCUT2D eigenvalue weighted by Crippen LogP contribution is -2.31. The van der Waals surface area contributed by atoms with Crippen LogP contribution < -0.4 is 10.6 Å². The predicted octanol–water partition coefficient (Wildman–Crippen LogP) is 2.28. The van der Waals surface area contributed by atoms with E-state index in [-0.39, 0.29) is 5.41 Å². The molecule has 0 aliphatic carbocycles. The average Bonchev–Trinajstić information content (AvgIpc) is 2.40. The molecule has 0 saturated heterocycles. The van der Waals surface area contributed by atoms with Crippen molar-refractivity contribution in [2.45, 2.75) is 41.2 Å². The highest BCUT2D eigenvalue weighted by Gasteiger charge is 2.20. The summed E-state index contributed by atoms with van der Waals surface area (Å²) in [4.78, 5) is 2.19. The van der Waals surface area contributed by atoms with E-state index in [0.29, 0.717) is 0 Å². The minimum atomic E-state index is 0.248. The van der Waals surface area contributed by atoms with Crippen LogP contribution in [0, 0.1) is 12.3 Å². The van der Waals surface area contributed by atoms with Crippen LogP contribution in [0.1, 0.15) is 33.4 Å². The molecule has 0 radical (unpaired) electrons. The summed E-state index contributed by atoms with van der Waals surface area (Å²) in [6.07, 6.45) is 0. The molecule has 92 valence electrons. The van der Waals surface area contributed by atoms with Gasteiger partial charge in [0.05, 0.1) is 11.4 Å². The van der Waals surface area contributed by atoms with Gasteiger partial charge in [-0.3, -0.25) is 0 Å². The number of nitrogens with two attached hydrogens (primary N) is 1. The third-order valence-corrected chi connectivity index (χ3v) is 2.52. The molecule has 0 aliphatic rings. The minimum absolute atomic E-state index is 0.248. The van der Waals surface area contributed by atoms with E-state index in [1.165, 1.54) is 0 Å². The molecule has 0 saturated carbocycles. The Kier molecular flexibility index (Phi) is 3.51. The fourth-order valence-electron chi connectivity index (χ4n) is 1.99. The van der Waals surface area contributed by atoms with Gasteiger partial charge < -0.3 is 10.6 Å². The highest BCUT2D eigenvalue weighted by Crippen LogP contribution is 2.28. The molecule has 0 spiro atoms. The van der Waals surface area contributed by atoms with Crippen molar-refractivity contribution >= 4 is 11.5 Å². The van der Waals surface area contributed by atoms with Gasteiger partial charge >= 0.3 is 0 Å². The predicted molar refractivity (Wildman–Crippen MR) is 69.8 cm³/mol. The van der Waals surface area contributed by atoms with Crippen molar-refractivity contribution in [3.8, 4) is 0 Å². The Labute approximate surface area is 98.4 Å². The van der Waals surface area contributed by atoms with Crippen LogP contribution in [0.3, 0.4) is 0 Å². The van der Waals surface area contributed by atoms with E-state index in [1.807, 2.05) is 11.6 Å². The van der Waals surface area contributed by atoms with Crippen molar-refractivity contribution < 1.29 is 0 Å². The zero-order valence-corrected chi connectivity index (χ0v) is 11.3. The number of rotatable bonds is 3. The van der Waals surface area contributed by atoms with Gasteiger partial charge in [0.25, 0.3) is 0 Å². The van der Waals surface area contributed by atoms with E-state index in [0.717, 1.165) is 30.3 Å². The monoisotopic (exact) mass is 224 g/mol. The Balaban J connectivity index is 3.02. The van der Waals surface area contributed by atoms with E-state index in [9.17, 15) is 0 Å². The number of anilines is 2. The lowest BCUT2D eigenvalue weighted by molar-refractivity contribution is 0.415. The molecular formula is C12H24N4. The molecule has 0 fully saturated rings. The molecule has 1 heterocycles. The van der Waals surface area contributed by atoms with Crippen LogP contribution in [-0.2, 0) is 6.54 Å². The molecule has 2 N–H and O–H groups in total. The number of aryl methyl sites for hydroxylation is 2. The van der Waals surface area contributed by atoms with E-state index in [4.69, 9.17) is 5.73 Å². The van der Waals surface area contributed by atoms with Gasteiger partial charge in [-0.25, -0.2) is 4.68 Å². The zero-order chi connectivity index (χ0) is 12.5. The van der Waals surface area contributed by atoms with E-state index in [2.05, 4.69) is 44.7 Å². The van der Waals surface area contributed by atoms with Crippen molar-refractivity contribution in [1.82, 2.24) is 9.78 Å². The van der Waals surface area contributed by atoms with Gasteiger partial charge in [0.2, 0.25) is 0 Å². The van der Waals surface area contributed by atoms with E-state index in [1.54, 1.807) is 0 Å². The molecule has 4 nitrogen and oxygen atoms in total. The van der Waals surface area contributed by atoms with Crippen LogP contribution in [0.25, 0.3) is 0 Å². The zero-order valence-electron chi connectivity index (χ0n) is 11.3. The molecule has 0 bridgehead atoms. The highest BCUT2D eigenvalue weighted by molar-refractivity contribution is 5.65. The van der Waals surface area contributed by atoms with Crippen molar-refractivity contribution in [1.29, 1.82) is 0 Å². The Bertz CT molecular complexity index is 360. The lowest BCUT2D eigenvalue weighted by Gasteiger charge is -2.28. The maximum absolute atomic E-state index is 6.07. The molecule has 16 heavy (non-hydrogen) atoms. The van der Waals surface area contributed by atoms with Gasteiger partial charge in [-0.2, -0.15) is 5.10 Å². The topological polar surface area (TPSA) is 47.1 Å². The summed E-state index contributed by atoms with van der Waals surface area (Å²) in [6, 6.07) is 0.